The van der Waals surface area contributed by atoms with Gasteiger partial charge in [-0.2, -0.15) is 0 Å². The second kappa shape index (κ2) is 11.9. The first kappa shape index (κ1) is 26.8. The minimum atomic E-state index is -0.357. The maximum atomic E-state index is 13.3. The Morgan fingerprint density at radius 2 is 1.53 bits per heavy atom. The van der Waals surface area contributed by atoms with Gasteiger partial charge in [0.25, 0.3) is 17.7 Å². The van der Waals surface area contributed by atoms with E-state index in [1.165, 1.54) is 16.7 Å². The van der Waals surface area contributed by atoms with E-state index in [-0.39, 0.29) is 29.3 Å². The molecule has 0 saturated carbocycles. The van der Waals surface area contributed by atoms with Crippen LogP contribution in [-0.4, -0.2) is 43.4 Å². The van der Waals surface area contributed by atoms with Crippen molar-refractivity contribution >= 4 is 40.9 Å². The first-order chi connectivity index (χ1) is 18.3. The standard InChI is InChI=1S/C29H29N3O5S/c1-18(2)17-32-28(34)25(30-20-8-12-22(36-3)13-9-20)26(29(32)35)38-24-14-10-21(11-15-24)31-27(33)19-6-5-7-23(16-19)37-4/h5-16,18,30H,17H2,1-4H3,(H,31,33). The van der Waals surface area contributed by atoms with E-state index >= 15 is 0 Å². The average Bonchev–Trinajstić information content (AvgIpc) is 3.13. The number of nitrogens with zero attached hydrogens (tertiary/aromatic N) is 1. The van der Waals surface area contributed by atoms with Crippen molar-refractivity contribution in [2.75, 3.05) is 31.4 Å². The van der Waals surface area contributed by atoms with E-state index < -0.39 is 0 Å². The van der Waals surface area contributed by atoms with Gasteiger partial charge in [0, 0.05) is 28.4 Å². The van der Waals surface area contributed by atoms with E-state index in [1.54, 1.807) is 87.0 Å². The van der Waals surface area contributed by atoms with Crippen LogP contribution >= 0.6 is 11.8 Å². The molecule has 196 valence electrons. The zero-order valence-electron chi connectivity index (χ0n) is 21.6. The Hall–Kier alpha value is -4.24. The Bertz CT molecular complexity index is 1370. The summed E-state index contributed by atoms with van der Waals surface area (Å²) in [5, 5.41) is 5.99. The Labute approximate surface area is 226 Å². The molecule has 1 heterocycles. The van der Waals surface area contributed by atoms with Crippen LogP contribution < -0.4 is 20.1 Å². The molecule has 1 aliphatic rings. The third kappa shape index (κ3) is 6.18. The lowest BCUT2D eigenvalue weighted by molar-refractivity contribution is -0.137. The van der Waals surface area contributed by atoms with Crippen LogP contribution in [0.3, 0.4) is 0 Å². The highest BCUT2D eigenvalue weighted by Crippen LogP contribution is 2.36. The summed E-state index contributed by atoms with van der Waals surface area (Å²) in [6.07, 6.45) is 0. The molecule has 3 aromatic rings. The summed E-state index contributed by atoms with van der Waals surface area (Å²) in [5.41, 5.74) is 1.98. The number of hydrogen-bond acceptors (Lipinski definition) is 7. The maximum absolute atomic E-state index is 13.3. The quantitative estimate of drug-likeness (QED) is 0.338. The molecule has 0 fully saturated rings. The number of benzene rings is 3. The Morgan fingerprint density at radius 1 is 0.868 bits per heavy atom. The zero-order chi connectivity index (χ0) is 27.2. The van der Waals surface area contributed by atoms with Gasteiger partial charge in [-0.15, -0.1) is 0 Å². The number of nitrogens with one attached hydrogen (secondary N) is 2. The van der Waals surface area contributed by atoms with Gasteiger partial charge in [0.05, 0.1) is 14.2 Å². The number of hydrogen-bond donors (Lipinski definition) is 2. The SMILES string of the molecule is COc1ccc(NC2=C(Sc3ccc(NC(=O)c4cccc(OC)c4)cc3)C(=O)N(CC(C)C)C2=O)cc1. The number of amides is 3. The number of carbonyl (C=O) groups is 3. The summed E-state index contributed by atoms with van der Waals surface area (Å²) in [4.78, 5) is 41.5. The summed E-state index contributed by atoms with van der Waals surface area (Å²) in [7, 11) is 3.13. The van der Waals surface area contributed by atoms with Crippen LogP contribution in [-0.2, 0) is 9.59 Å². The molecule has 0 aromatic heterocycles. The van der Waals surface area contributed by atoms with Gasteiger partial charge in [-0.1, -0.05) is 31.7 Å². The third-order valence-corrected chi connectivity index (χ3v) is 6.79. The van der Waals surface area contributed by atoms with Gasteiger partial charge in [0.15, 0.2) is 0 Å². The van der Waals surface area contributed by atoms with Crippen molar-refractivity contribution in [1.82, 2.24) is 4.90 Å². The van der Waals surface area contributed by atoms with E-state index in [4.69, 9.17) is 9.47 Å². The Balaban J connectivity index is 1.54. The normalized spacial score (nSPS) is 13.2. The highest BCUT2D eigenvalue weighted by molar-refractivity contribution is 8.04. The third-order valence-electron chi connectivity index (χ3n) is 5.70. The molecule has 0 radical (unpaired) electrons. The van der Waals surface area contributed by atoms with E-state index in [1.807, 2.05) is 13.8 Å². The summed E-state index contributed by atoms with van der Waals surface area (Å²) in [6, 6.07) is 21.1. The number of ether oxygens (including phenoxy) is 2. The lowest BCUT2D eigenvalue weighted by atomic mass is 10.2. The maximum Gasteiger partial charge on any atom is 0.278 e. The fourth-order valence-electron chi connectivity index (χ4n) is 3.80. The minimum Gasteiger partial charge on any atom is -0.497 e. The summed E-state index contributed by atoms with van der Waals surface area (Å²) >= 11 is 1.21. The number of thioether (sulfide) groups is 1. The topological polar surface area (TPSA) is 97.0 Å². The van der Waals surface area contributed by atoms with Crippen LogP contribution in [0, 0.1) is 5.92 Å². The molecule has 8 nitrogen and oxygen atoms in total. The number of rotatable bonds is 10. The van der Waals surface area contributed by atoms with E-state index in [0.29, 0.717) is 39.9 Å². The minimum absolute atomic E-state index is 0.127. The van der Waals surface area contributed by atoms with Crippen LogP contribution in [0.5, 0.6) is 11.5 Å². The van der Waals surface area contributed by atoms with Gasteiger partial charge in [-0.05, 0) is 72.6 Å². The van der Waals surface area contributed by atoms with Crippen molar-refractivity contribution in [2.24, 2.45) is 5.92 Å². The number of imide groups is 1. The summed E-state index contributed by atoms with van der Waals surface area (Å²) in [6.45, 7) is 4.24. The van der Waals surface area contributed by atoms with Crippen molar-refractivity contribution < 1.29 is 23.9 Å². The van der Waals surface area contributed by atoms with E-state index in [0.717, 1.165) is 4.90 Å². The molecule has 38 heavy (non-hydrogen) atoms. The van der Waals surface area contributed by atoms with Crippen LogP contribution in [0.25, 0.3) is 0 Å². The van der Waals surface area contributed by atoms with Crippen molar-refractivity contribution in [2.45, 2.75) is 18.7 Å². The molecule has 0 saturated heterocycles. The zero-order valence-corrected chi connectivity index (χ0v) is 22.4. The van der Waals surface area contributed by atoms with Gasteiger partial charge >= 0.3 is 0 Å². The molecule has 2 N–H and O–H groups in total. The Morgan fingerprint density at radius 3 is 2.16 bits per heavy atom. The van der Waals surface area contributed by atoms with E-state index in [2.05, 4.69) is 10.6 Å². The molecule has 9 heteroatoms. The highest BCUT2D eigenvalue weighted by Gasteiger charge is 2.39. The van der Waals surface area contributed by atoms with E-state index in [9.17, 15) is 14.4 Å². The summed E-state index contributed by atoms with van der Waals surface area (Å²) < 4.78 is 10.4. The smallest absolute Gasteiger partial charge is 0.278 e. The predicted octanol–water partition coefficient (Wildman–Crippen LogP) is 5.40. The molecule has 0 aliphatic carbocycles. The lowest BCUT2D eigenvalue weighted by Gasteiger charge is -2.17. The number of methoxy groups -OCH3 is 2. The van der Waals surface area contributed by atoms with Crippen LogP contribution in [0.4, 0.5) is 11.4 Å². The fourth-order valence-corrected chi connectivity index (χ4v) is 4.75. The molecule has 4 rings (SSSR count). The van der Waals surface area contributed by atoms with Gasteiger partial charge in [-0.25, -0.2) is 0 Å². The number of anilines is 2. The molecule has 0 spiro atoms. The van der Waals surface area contributed by atoms with Gasteiger partial charge in [-0.3, -0.25) is 19.3 Å². The van der Waals surface area contributed by atoms with Gasteiger partial charge in [0.2, 0.25) is 0 Å². The second-order valence-corrected chi connectivity index (χ2v) is 10.1. The first-order valence-corrected chi connectivity index (χ1v) is 12.9. The molecular formula is C29H29N3O5S. The molecule has 3 aromatic carbocycles. The van der Waals surface area contributed by atoms with Crippen LogP contribution in [0.2, 0.25) is 0 Å². The largest absolute Gasteiger partial charge is 0.497 e. The molecular weight excluding hydrogens is 502 g/mol. The first-order valence-electron chi connectivity index (χ1n) is 12.0. The van der Waals surface area contributed by atoms with Crippen LogP contribution in [0.15, 0.2) is 88.3 Å². The number of carbonyl (C=O) groups excluding carboxylic acids is 3. The second-order valence-electron chi connectivity index (χ2n) is 8.98. The molecule has 3 amide bonds. The summed E-state index contributed by atoms with van der Waals surface area (Å²) in [5.74, 6) is 0.456. The average molecular weight is 532 g/mol. The molecule has 0 atom stereocenters. The molecule has 0 bridgehead atoms. The lowest BCUT2D eigenvalue weighted by Crippen LogP contribution is -2.35. The van der Waals surface area contributed by atoms with Crippen molar-refractivity contribution in [3.05, 3.63) is 89.0 Å². The van der Waals surface area contributed by atoms with Crippen LogP contribution in [0.1, 0.15) is 24.2 Å². The molecule has 1 aliphatic heterocycles. The molecule has 0 unspecified atom stereocenters. The van der Waals surface area contributed by atoms with Gasteiger partial charge in [0.1, 0.15) is 22.1 Å². The Kier molecular flexibility index (Phi) is 8.38. The predicted molar refractivity (Wildman–Crippen MR) is 148 cm³/mol. The van der Waals surface area contributed by atoms with Crippen molar-refractivity contribution in [1.29, 1.82) is 0 Å². The monoisotopic (exact) mass is 531 g/mol. The van der Waals surface area contributed by atoms with Crippen molar-refractivity contribution in [3.8, 4) is 11.5 Å². The van der Waals surface area contributed by atoms with Gasteiger partial charge < -0.3 is 20.1 Å². The fraction of sp³-hybridized carbons (Fsp3) is 0.207. The highest BCUT2D eigenvalue weighted by atomic mass is 32.2. The van der Waals surface area contributed by atoms with Crippen molar-refractivity contribution in [3.63, 3.8) is 0 Å².